The summed E-state index contributed by atoms with van der Waals surface area (Å²) in [6.07, 6.45) is 2.60. The van der Waals surface area contributed by atoms with Crippen molar-refractivity contribution in [1.82, 2.24) is 10.2 Å². The van der Waals surface area contributed by atoms with Crippen molar-refractivity contribution in [3.05, 3.63) is 29.8 Å². The van der Waals surface area contributed by atoms with Gasteiger partial charge in [-0.15, -0.1) is 0 Å². The molecule has 3 heteroatoms. The second-order valence-electron chi connectivity index (χ2n) is 6.02. The molecule has 0 unspecified atom stereocenters. The van der Waals surface area contributed by atoms with E-state index in [0.717, 1.165) is 51.0 Å². The zero-order chi connectivity index (χ0) is 14.2. The molecule has 20 heavy (non-hydrogen) atoms. The number of nitrogens with one attached hydrogen (secondary N) is 1. The van der Waals surface area contributed by atoms with Crippen molar-refractivity contribution in [2.45, 2.75) is 33.2 Å². The third-order valence-electron chi connectivity index (χ3n) is 3.77. The smallest absolute Gasteiger partial charge is 0.123 e. The van der Waals surface area contributed by atoms with Gasteiger partial charge in [-0.3, -0.25) is 4.90 Å². The molecule has 0 amide bonds. The minimum Gasteiger partial charge on any atom is -0.492 e. The van der Waals surface area contributed by atoms with E-state index in [0.29, 0.717) is 0 Å². The molecule has 0 aromatic heterocycles. The van der Waals surface area contributed by atoms with E-state index < -0.39 is 0 Å². The lowest BCUT2D eigenvalue weighted by Gasteiger charge is -2.19. The van der Waals surface area contributed by atoms with Crippen molar-refractivity contribution in [1.29, 1.82) is 0 Å². The van der Waals surface area contributed by atoms with Crippen LogP contribution in [0.5, 0.6) is 5.75 Å². The maximum Gasteiger partial charge on any atom is 0.123 e. The molecule has 3 nitrogen and oxygen atoms in total. The standard InChI is InChI=1S/C17H28N2O/c1-15(2)6-5-9-18-10-11-19-12-13-20-17-8-4-3-7-16(17)14-19/h3-4,7-8,15,18H,5-6,9-14H2,1-2H3. The Morgan fingerprint density at radius 3 is 2.95 bits per heavy atom. The molecular weight excluding hydrogens is 248 g/mol. The first-order chi connectivity index (χ1) is 9.75. The lowest BCUT2D eigenvalue weighted by Crippen LogP contribution is -2.33. The van der Waals surface area contributed by atoms with Crippen LogP contribution in [0.25, 0.3) is 0 Å². The highest BCUT2D eigenvalue weighted by Gasteiger charge is 2.13. The van der Waals surface area contributed by atoms with Crippen LogP contribution in [0.15, 0.2) is 24.3 Å². The summed E-state index contributed by atoms with van der Waals surface area (Å²) in [5.74, 6) is 1.87. The van der Waals surface area contributed by atoms with E-state index in [1.54, 1.807) is 0 Å². The fourth-order valence-electron chi connectivity index (χ4n) is 2.57. The minimum absolute atomic E-state index is 0.796. The maximum absolute atomic E-state index is 5.79. The average molecular weight is 276 g/mol. The Labute approximate surface area is 123 Å². The number of benzene rings is 1. The summed E-state index contributed by atoms with van der Waals surface area (Å²) in [6, 6.07) is 8.38. The molecular formula is C17H28N2O. The Hall–Kier alpha value is -1.06. The predicted molar refractivity (Wildman–Crippen MR) is 84.2 cm³/mol. The number of hydrogen-bond acceptors (Lipinski definition) is 3. The third-order valence-corrected chi connectivity index (χ3v) is 3.77. The van der Waals surface area contributed by atoms with Crippen LogP contribution < -0.4 is 10.1 Å². The van der Waals surface area contributed by atoms with Gasteiger partial charge in [0.25, 0.3) is 0 Å². The molecule has 112 valence electrons. The second-order valence-corrected chi connectivity index (χ2v) is 6.02. The van der Waals surface area contributed by atoms with Crippen LogP contribution in [0, 0.1) is 5.92 Å². The molecule has 1 N–H and O–H groups in total. The highest BCUT2D eigenvalue weighted by Crippen LogP contribution is 2.21. The first-order valence-corrected chi connectivity index (χ1v) is 7.89. The molecule has 2 rings (SSSR count). The molecule has 0 fully saturated rings. The first-order valence-electron chi connectivity index (χ1n) is 7.89. The van der Waals surface area contributed by atoms with Crippen molar-refractivity contribution in [3.63, 3.8) is 0 Å². The summed E-state index contributed by atoms with van der Waals surface area (Å²) < 4.78 is 5.79. The monoisotopic (exact) mass is 276 g/mol. The van der Waals surface area contributed by atoms with Crippen LogP contribution in [-0.2, 0) is 6.54 Å². The molecule has 0 aliphatic carbocycles. The van der Waals surface area contributed by atoms with Gasteiger partial charge >= 0.3 is 0 Å². The minimum atomic E-state index is 0.796. The molecule has 1 aromatic carbocycles. The summed E-state index contributed by atoms with van der Waals surface area (Å²) in [7, 11) is 0. The van der Waals surface area contributed by atoms with Gasteiger partial charge in [-0.25, -0.2) is 0 Å². The molecule has 1 aliphatic rings. The zero-order valence-electron chi connectivity index (χ0n) is 12.9. The van der Waals surface area contributed by atoms with E-state index in [-0.39, 0.29) is 0 Å². The highest BCUT2D eigenvalue weighted by atomic mass is 16.5. The van der Waals surface area contributed by atoms with E-state index in [1.807, 2.05) is 6.07 Å². The van der Waals surface area contributed by atoms with Gasteiger partial charge in [0, 0.05) is 31.7 Å². The highest BCUT2D eigenvalue weighted by molar-refractivity contribution is 5.33. The van der Waals surface area contributed by atoms with Crippen molar-refractivity contribution < 1.29 is 4.74 Å². The lowest BCUT2D eigenvalue weighted by atomic mass is 10.1. The predicted octanol–water partition coefficient (Wildman–Crippen LogP) is 2.91. The number of fused-ring (bicyclic) bond motifs is 1. The Kier molecular flexibility index (Phi) is 6.34. The van der Waals surface area contributed by atoms with Gasteiger partial charge in [0.2, 0.25) is 0 Å². The summed E-state index contributed by atoms with van der Waals surface area (Å²) in [5.41, 5.74) is 1.31. The SMILES string of the molecule is CC(C)CCCNCCN1CCOc2ccccc2C1. The van der Waals surface area contributed by atoms with Crippen molar-refractivity contribution in [3.8, 4) is 5.75 Å². The molecule has 0 spiro atoms. The average Bonchev–Trinajstić information content (AvgIpc) is 2.64. The molecule has 1 aromatic rings. The zero-order valence-corrected chi connectivity index (χ0v) is 12.9. The molecule has 0 bridgehead atoms. The van der Waals surface area contributed by atoms with Gasteiger partial charge < -0.3 is 10.1 Å². The van der Waals surface area contributed by atoms with Gasteiger partial charge in [-0.1, -0.05) is 32.0 Å². The lowest BCUT2D eigenvalue weighted by molar-refractivity contribution is 0.226. The van der Waals surface area contributed by atoms with E-state index in [1.165, 1.54) is 18.4 Å². The van der Waals surface area contributed by atoms with Crippen molar-refractivity contribution in [2.75, 3.05) is 32.8 Å². The van der Waals surface area contributed by atoms with Crippen molar-refractivity contribution in [2.24, 2.45) is 5.92 Å². The van der Waals surface area contributed by atoms with Crippen LogP contribution in [-0.4, -0.2) is 37.7 Å². The summed E-state index contributed by atoms with van der Waals surface area (Å²) in [4.78, 5) is 2.47. The van der Waals surface area contributed by atoms with Crippen LogP contribution in [0.3, 0.4) is 0 Å². The Balaban J connectivity index is 1.67. The molecule has 1 heterocycles. The number of para-hydroxylation sites is 1. The fraction of sp³-hybridized carbons (Fsp3) is 0.647. The number of nitrogens with zero attached hydrogens (tertiary/aromatic N) is 1. The van der Waals surface area contributed by atoms with Gasteiger partial charge in [0.15, 0.2) is 0 Å². The van der Waals surface area contributed by atoms with Crippen LogP contribution in [0.4, 0.5) is 0 Å². The molecule has 1 aliphatic heterocycles. The van der Waals surface area contributed by atoms with E-state index >= 15 is 0 Å². The van der Waals surface area contributed by atoms with Gasteiger partial charge in [0.1, 0.15) is 12.4 Å². The molecule has 0 saturated carbocycles. The molecule has 0 atom stereocenters. The van der Waals surface area contributed by atoms with Gasteiger partial charge in [0.05, 0.1) is 0 Å². The second kappa shape index (κ2) is 8.28. The number of ether oxygens (including phenoxy) is 1. The molecule has 0 saturated heterocycles. The summed E-state index contributed by atoms with van der Waals surface area (Å²) in [6.45, 7) is 10.7. The first kappa shape index (κ1) is 15.3. The maximum atomic E-state index is 5.79. The van der Waals surface area contributed by atoms with Crippen LogP contribution >= 0.6 is 0 Å². The topological polar surface area (TPSA) is 24.5 Å². The fourth-order valence-corrected chi connectivity index (χ4v) is 2.57. The van der Waals surface area contributed by atoms with Crippen LogP contribution in [0.2, 0.25) is 0 Å². The van der Waals surface area contributed by atoms with E-state index in [9.17, 15) is 0 Å². The Bertz CT molecular complexity index is 392. The van der Waals surface area contributed by atoms with E-state index in [2.05, 4.69) is 42.3 Å². The summed E-state index contributed by atoms with van der Waals surface area (Å²) in [5, 5.41) is 3.55. The quantitative estimate of drug-likeness (QED) is 0.775. The largest absolute Gasteiger partial charge is 0.492 e. The number of rotatable bonds is 7. The van der Waals surface area contributed by atoms with Crippen molar-refractivity contribution >= 4 is 0 Å². The molecule has 0 radical (unpaired) electrons. The van der Waals surface area contributed by atoms with Gasteiger partial charge in [-0.2, -0.15) is 0 Å². The summed E-state index contributed by atoms with van der Waals surface area (Å²) >= 11 is 0. The van der Waals surface area contributed by atoms with E-state index in [4.69, 9.17) is 4.74 Å². The number of hydrogen-bond donors (Lipinski definition) is 1. The normalized spacial score (nSPS) is 15.8. The third kappa shape index (κ3) is 5.14. The Morgan fingerprint density at radius 1 is 1.25 bits per heavy atom. The Morgan fingerprint density at radius 2 is 2.10 bits per heavy atom. The van der Waals surface area contributed by atoms with Gasteiger partial charge in [-0.05, 0) is 31.4 Å². The van der Waals surface area contributed by atoms with Crippen LogP contribution in [0.1, 0.15) is 32.3 Å².